The van der Waals surface area contributed by atoms with Crippen molar-refractivity contribution >= 4 is 11.9 Å². The molecule has 1 aromatic rings. The van der Waals surface area contributed by atoms with Crippen LogP contribution in [0.1, 0.15) is 85.9 Å². The van der Waals surface area contributed by atoms with Crippen LogP contribution < -0.4 is 0 Å². The van der Waals surface area contributed by atoms with Crippen LogP contribution >= 0.6 is 0 Å². The van der Waals surface area contributed by atoms with Gasteiger partial charge in [0.25, 0.3) is 0 Å². The van der Waals surface area contributed by atoms with Crippen molar-refractivity contribution in [3.05, 3.63) is 35.4 Å². The molecule has 0 heterocycles. The zero-order valence-electron chi connectivity index (χ0n) is 15.5. The highest BCUT2D eigenvalue weighted by Crippen LogP contribution is 2.30. The van der Waals surface area contributed by atoms with E-state index in [4.69, 9.17) is 9.47 Å². The van der Waals surface area contributed by atoms with Crippen molar-refractivity contribution in [3.63, 3.8) is 0 Å². The van der Waals surface area contributed by atoms with Gasteiger partial charge in [-0.3, -0.25) is 0 Å². The minimum Gasteiger partial charge on any atom is -0.462 e. The summed E-state index contributed by atoms with van der Waals surface area (Å²) in [6.07, 6.45) is 8.22. The molecule has 0 saturated heterocycles. The van der Waals surface area contributed by atoms with Gasteiger partial charge in [-0.25, -0.2) is 9.59 Å². The van der Waals surface area contributed by atoms with E-state index < -0.39 is 11.9 Å². The Kier molecular flexibility index (Phi) is 7.96. The lowest BCUT2D eigenvalue weighted by molar-refractivity contribution is 0.000314. The van der Waals surface area contributed by atoms with Crippen LogP contribution in [0.25, 0.3) is 0 Å². The molecule has 2 atom stereocenters. The van der Waals surface area contributed by atoms with Crippen LogP contribution in [0.5, 0.6) is 0 Å². The maximum atomic E-state index is 12.6. The van der Waals surface area contributed by atoms with Gasteiger partial charge in [0.15, 0.2) is 0 Å². The first-order chi connectivity index (χ1) is 12.2. The molecule has 4 nitrogen and oxygen atoms in total. The van der Waals surface area contributed by atoms with Crippen molar-refractivity contribution in [2.75, 3.05) is 6.61 Å². The molecule has 1 fully saturated rings. The Morgan fingerprint density at radius 2 is 1.68 bits per heavy atom. The van der Waals surface area contributed by atoms with Crippen LogP contribution in [-0.4, -0.2) is 24.6 Å². The van der Waals surface area contributed by atoms with Gasteiger partial charge < -0.3 is 9.47 Å². The Labute approximate surface area is 150 Å². The molecular formula is C21H30O4. The average Bonchev–Trinajstić information content (AvgIpc) is 2.65. The summed E-state index contributed by atoms with van der Waals surface area (Å²) in [4.78, 5) is 25.0. The molecule has 0 bridgehead atoms. The largest absolute Gasteiger partial charge is 0.462 e. The molecule has 0 aliphatic heterocycles. The van der Waals surface area contributed by atoms with Gasteiger partial charge in [-0.1, -0.05) is 45.2 Å². The van der Waals surface area contributed by atoms with Gasteiger partial charge in [-0.2, -0.15) is 0 Å². The smallest absolute Gasteiger partial charge is 0.339 e. The second kappa shape index (κ2) is 10.2. The summed E-state index contributed by atoms with van der Waals surface area (Å²) in [7, 11) is 0. The molecule has 0 N–H and O–H groups in total. The summed E-state index contributed by atoms with van der Waals surface area (Å²) in [5.74, 6) is -0.434. The lowest BCUT2D eigenvalue weighted by atomic mass is 9.85. The Balaban J connectivity index is 2.03. The van der Waals surface area contributed by atoms with E-state index in [-0.39, 0.29) is 6.10 Å². The lowest BCUT2D eigenvalue weighted by Crippen LogP contribution is -2.30. The molecule has 138 valence electrons. The fraction of sp³-hybridized carbons (Fsp3) is 0.619. The van der Waals surface area contributed by atoms with Gasteiger partial charge in [0.2, 0.25) is 0 Å². The summed E-state index contributed by atoms with van der Waals surface area (Å²) < 4.78 is 11.1. The SMILES string of the molecule is CCCCCOC(=O)c1ccccc1C(=O)OC1CCCCC1CC. The summed E-state index contributed by atoms with van der Waals surface area (Å²) >= 11 is 0. The second-order valence-corrected chi connectivity index (χ2v) is 6.79. The number of rotatable bonds is 8. The predicted octanol–water partition coefficient (Wildman–Crippen LogP) is 5.16. The van der Waals surface area contributed by atoms with E-state index in [0.717, 1.165) is 44.9 Å². The monoisotopic (exact) mass is 346 g/mol. The number of ether oxygens (including phenoxy) is 2. The van der Waals surface area contributed by atoms with E-state index in [0.29, 0.717) is 23.7 Å². The zero-order valence-corrected chi connectivity index (χ0v) is 15.5. The van der Waals surface area contributed by atoms with Crippen LogP contribution in [0.4, 0.5) is 0 Å². The lowest BCUT2D eigenvalue weighted by Gasteiger charge is -2.30. The van der Waals surface area contributed by atoms with Crippen molar-refractivity contribution in [2.24, 2.45) is 5.92 Å². The van der Waals surface area contributed by atoms with Crippen molar-refractivity contribution in [3.8, 4) is 0 Å². The number of hydrogen-bond acceptors (Lipinski definition) is 4. The Morgan fingerprint density at radius 3 is 2.36 bits per heavy atom. The maximum Gasteiger partial charge on any atom is 0.339 e. The van der Waals surface area contributed by atoms with Crippen molar-refractivity contribution < 1.29 is 19.1 Å². The highest BCUT2D eigenvalue weighted by Gasteiger charge is 2.28. The molecule has 0 radical (unpaired) electrons. The molecule has 1 saturated carbocycles. The van der Waals surface area contributed by atoms with Crippen molar-refractivity contribution in [1.29, 1.82) is 0 Å². The number of benzene rings is 1. The highest BCUT2D eigenvalue weighted by atomic mass is 16.5. The molecule has 1 aliphatic rings. The van der Waals surface area contributed by atoms with E-state index in [1.165, 1.54) is 6.42 Å². The molecule has 2 rings (SSSR count). The van der Waals surface area contributed by atoms with E-state index in [2.05, 4.69) is 13.8 Å². The molecular weight excluding hydrogens is 316 g/mol. The molecule has 4 heteroatoms. The molecule has 0 aromatic heterocycles. The van der Waals surface area contributed by atoms with Crippen LogP contribution in [0.15, 0.2) is 24.3 Å². The van der Waals surface area contributed by atoms with Gasteiger partial charge in [-0.15, -0.1) is 0 Å². The quantitative estimate of drug-likeness (QED) is 0.482. The minimum absolute atomic E-state index is 0.0418. The second-order valence-electron chi connectivity index (χ2n) is 6.79. The van der Waals surface area contributed by atoms with Crippen LogP contribution in [0.2, 0.25) is 0 Å². The Bertz CT molecular complexity index is 567. The molecule has 0 spiro atoms. The first-order valence-electron chi connectivity index (χ1n) is 9.64. The van der Waals surface area contributed by atoms with E-state index in [1.54, 1.807) is 24.3 Å². The molecule has 25 heavy (non-hydrogen) atoms. The predicted molar refractivity (Wildman–Crippen MR) is 97.7 cm³/mol. The van der Waals surface area contributed by atoms with Gasteiger partial charge in [-0.05, 0) is 50.2 Å². The summed E-state index contributed by atoms with van der Waals surface area (Å²) in [5, 5.41) is 0. The summed E-state index contributed by atoms with van der Waals surface area (Å²) in [5.41, 5.74) is 0.608. The fourth-order valence-corrected chi connectivity index (χ4v) is 3.43. The maximum absolute atomic E-state index is 12.6. The molecule has 2 unspecified atom stereocenters. The average molecular weight is 346 g/mol. The Morgan fingerprint density at radius 1 is 1.00 bits per heavy atom. The summed E-state index contributed by atoms with van der Waals surface area (Å²) in [6.45, 7) is 4.62. The standard InChI is InChI=1S/C21H30O4/c1-3-5-10-15-24-20(22)17-12-7-8-13-18(17)21(23)25-19-14-9-6-11-16(19)4-2/h7-8,12-13,16,19H,3-6,9-11,14-15H2,1-2H3. The fourth-order valence-electron chi connectivity index (χ4n) is 3.43. The molecule has 1 aromatic carbocycles. The highest BCUT2D eigenvalue weighted by molar-refractivity contribution is 6.03. The van der Waals surface area contributed by atoms with Crippen LogP contribution in [-0.2, 0) is 9.47 Å². The minimum atomic E-state index is -0.445. The Hall–Kier alpha value is -1.84. The number of carbonyl (C=O) groups is 2. The normalized spacial score (nSPS) is 20.1. The topological polar surface area (TPSA) is 52.6 Å². The molecule has 1 aliphatic carbocycles. The first kappa shape index (κ1) is 19.5. The number of esters is 2. The third-order valence-corrected chi connectivity index (χ3v) is 4.97. The first-order valence-corrected chi connectivity index (χ1v) is 9.64. The van der Waals surface area contributed by atoms with Crippen molar-refractivity contribution in [1.82, 2.24) is 0 Å². The summed E-state index contributed by atoms with van der Waals surface area (Å²) in [6, 6.07) is 6.78. The number of hydrogen-bond donors (Lipinski definition) is 0. The van der Waals surface area contributed by atoms with Crippen molar-refractivity contribution in [2.45, 2.75) is 71.3 Å². The van der Waals surface area contributed by atoms with Gasteiger partial charge in [0.1, 0.15) is 6.10 Å². The van der Waals surface area contributed by atoms with E-state index in [1.807, 2.05) is 0 Å². The van der Waals surface area contributed by atoms with Crippen LogP contribution in [0.3, 0.4) is 0 Å². The van der Waals surface area contributed by atoms with E-state index >= 15 is 0 Å². The van der Waals surface area contributed by atoms with Gasteiger partial charge in [0, 0.05) is 0 Å². The van der Waals surface area contributed by atoms with Crippen LogP contribution in [0, 0.1) is 5.92 Å². The van der Waals surface area contributed by atoms with E-state index in [9.17, 15) is 9.59 Å². The molecule has 0 amide bonds. The van der Waals surface area contributed by atoms with Gasteiger partial charge in [0.05, 0.1) is 17.7 Å². The third kappa shape index (κ3) is 5.58. The number of unbranched alkanes of at least 4 members (excludes halogenated alkanes) is 2. The third-order valence-electron chi connectivity index (χ3n) is 4.97. The number of carbonyl (C=O) groups excluding carboxylic acids is 2. The van der Waals surface area contributed by atoms with Gasteiger partial charge >= 0.3 is 11.9 Å². The zero-order chi connectivity index (χ0) is 18.1.